The van der Waals surface area contributed by atoms with Gasteiger partial charge in [0.05, 0.1) is 11.0 Å². The number of benzene rings is 3. The van der Waals surface area contributed by atoms with Crippen molar-refractivity contribution in [2.75, 3.05) is 11.9 Å². The van der Waals surface area contributed by atoms with Gasteiger partial charge < -0.3 is 26.5 Å². The molecule has 2 heterocycles. The number of nitrogens with zero attached hydrogens (tertiary/aromatic N) is 3. The zero-order chi connectivity index (χ0) is 39.7. The third kappa shape index (κ3) is 8.23. The molecule has 7 N–H and O–H groups in total. The van der Waals surface area contributed by atoms with E-state index < -0.39 is 41.4 Å². The summed E-state index contributed by atoms with van der Waals surface area (Å²) in [5, 5.41) is 19.5. The van der Waals surface area contributed by atoms with Crippen molar-refractivity contribution < 1.29 is 37.1 Å². The van der Waals surface area contributed by atoms with Gasteiger partial charge in [-0.2, -0.15) is 22.7 Å². The van der Waals surface area contributed by atoms with Gasteiger partial charge in [-0.25, -0.2) is 14.8 Å². The quantitative estimate of drug-likeness (QED) is 0.0715. The van der Waals surface area contributed by atoms with Crippen LogP contribution in [0.5, 0.6) is 0 Å². The van der Waals surface area contributed by atoms with Gasteiger partial charge in [-0.05, 0) is 104 Å². The number of halogens is 4. The zero-order valence-electron chi connectivity index (χ0n) is 30.4. The van der Waals surface area contributed by atoms with E-state index in [1.807, 2.05) is 31.2 Å². The van der Waals surface area contributed by atoms with Crippen molar-refractivity contribution in [3.8, 4) is 22.5 Å². The highest BCUT2D eigenvalue weighted by atomic mass is 19.3. The Kier molecular flexibility index (Phi) is 11.1. The first-order valence-corrected chi connectivity index (χ1v) is 18.0. The zero-order valence-corrected chi connectivity index (χ0v) is 30.4. The van der Waals surface area contributed by atoms with Crippen LogP contribution >= 0.6 is 0 Å². The Hall–Kier alpha value is -5.64. The van der Waals surface area contributed by atoms with Gasteiger partial charge in [0, 0.05) is 29.5 Å². The number of carboxylic acids is 1. The molecule has 0 spiro atoms. The number of imidazole rings is 1. The monoisotopic (exact) mass is 762 g/mol. The van der Waals surface area contributed by atoms with Gasteiger partial charge >= 0.3 is 17.8 Å². The topological polar surface area (TPSA) is 192 Å². The fourth-order valence-electron chi connectivity index (χ4n) is 6.73. The van der Waals surface area contributed by atoms with Gasteiger partial charge in [0.25, 0.3) is 0 Å². The number of H-pyrrole nitrogens is 2. The molecule has 2 amide bonds. The number of amides is 2. The molecule has 1 aliphatic carbocycles. The number of carbonyl (C=O) groups is 3. The van der Waals surface area contributed by atoms with Crippen LogP contribution in [0.3, 0.4) is 0 Å². The number of alkyl halides is 4. The molecule has 0 radical (unpaired) electrons. The summed E-state index contributed by atoms with van der Waals surface area (Å²) in [6, 6.07) is 16.5. The molecule has 1 atom stereocenters. The largest absolute Gasteiger partial charge is 0.477 e. The van der Waals surface area contributed by atoms with E-state index in [2.05, 4.69) is 51.7 Å². The number of nitrogens with two attached hydrogens (primary N) is 1. The minimum Gasteiger partial charge on any atom is -0.477 e. The van der Waals surface area contributed by atoms with Crippen LogP contribution in [-0.2, 0) is 26.7 Å². The first-order chi connectivity index (χ1) is 26.1. The second-order valence-corrected chi connectivity index (χ2v) is 14.4. The van der Waals surface area contributed by atoms with Crippen LogP contribution in [0.25, 0.3) is 33.5 Å². The average Bonchev–Trinajstić information content (AvgIpc) is 3.83. The highest BCUT2D eigenvalue weighted by Crippen LogP contribution is 2.42. The van der Waals surface area contributed by atoms with Gasteiger partial charge in [0.1, 0.15) is 11.9 Å². The Morgan fingerprint density at radius 3 is 2.22 bits per heavy atom. The van der Waals surface area contributed by atoms with Crippen molar-refractivity contribution in [2.45, 2.75) is 76.7 Å². The third-order valence-corrected chi connectivity index (χ3v) is 10.1. The first-order valence-electron chi connectivity index (χ1n) is 18.0. The lowest BCUT2D eigenvalue weighted by atomic mass is 9.81. The van der Waals surface area contributed by atoms with E-state index in [0.717, 1.165) is 52.0 Å². The third-order valence-electron chi connectivity index (χ3n) is 10.1. The Balaban J connectivity index is 1.19. The van der Waals surface area contributed by atoms with Crippen molar-refractivity contribution in [3.63, 3.8) is 0 Å². The van der Waals surface area contributed by atoms with Crippen LogP contribution in [0.4, 0.5) is 23.2 Å². The number of hydrogen-bond acceptors (Lipinski definition) is 7. The maximum absolute atomic E-state index is 14.2. The number of aryl methyl sites for hydroxylation is 1. The van der Waals surface area contributed by atoms with Gasteiger partial charge in [-0.15, -0.1) is 0 Å². The van der Waals surface area contributed by atoms with Gasteiger partial charge in [-0.3, -0.25) is 14.7 Å². The summed E-state index contributed by atoms with van der Waals surface area (Å²) >= 11 is 0. The fourth-order valence-corrected chi connectivity index (χ4v) is 6.73. The maximum atomic E-state index is 14.2. The molecular formula is C39H42F4N8O4. The number of rotatable bonds is 13. The van der Waals surface area contributed by atoms with Crippen LogP contribution in [0.2, 0.25) is 0 Å². The standard InChI is InChI=1S/C39H42F4N8O4/c1-20(2)32-46-29-16-21(3)28(18-30(29)47-32)24-8-4-22(5-9-24)17-31(48-34(52)26-10-6-23(19-44)7-11-26)35(53)45-27-14-12-25(13-15-27)33-49-36(51-50-33)38(40,41)39(42,43)37(54)55/h4-5,8-9,12-16,18,20,23,26,31H,6-7,10-11,17,19,44H2,1-3H3,(H,45,53)(H,46,47)(H,48,52)(H,54,55)(H,49,50,51). The van der Waals surface area contributed by atoms with E-state index in [4.69, 9.17) is 15.8 Å². The number of hydrogen-bond donors (Lipinski definition) is 6. The first kappa shape index (κ1) is 39.1. The Morgan fingerprint density at radius 2 is 1.60 bits per heavy atom. The molecular weight excluding hydrogens is 720 g/mol. The highest BCUT2D eigenvalue weighted by Gasteiger charge is 2.65. The summed E-state index contributed by atoms with van der Waals surface area (Å²) in [4.78, 5) is 49.5. The molecule has 1 unspecified atom stereocenters. The number of carboxylic acid groups (broad SMARTS) is 1. The second kappa shape index (κ2) is 15.6. The van der Waals surface area contributed by atoms with E-state index in [0.29, 0.717) is 25.3 Å². The number of anilines is 1. The smallest absolute Gasteiger partial charge is 0.411 e. The Labute approximate surface area is 313 Å². The minimum absolute atomic E-state index is 0.120. The molecule has 6 rings (SSSR count). The molecule has 3 aromatic carbocycles. The van der Waals surface area contributed by atoms with Gasteiger partial charge in [0.2, 0.25) is 17.6 Å². The molecule has 0 bridgehead atoms. The summed E-state index contributed by atoms with van der Waals surface area (Å²) in [6.07, 6.45) is 3.16. The van der Waals surface area contributed by atoms with E-state index >= 15 is 0 Å². The molecule has 1 fully saturated rings. The van der Waals surface area contributed by atoms with Crippen LogP contribution in [0.15, 0.2) is 60.7 Å². The van der Waals surface area contributed by atoms with Crippen LogP contribution in [0, 0.1) is 18.8 Å². The molecule has 1 aliphatic rings. The van der Waals surface area contributed by atoms with Crippen molar-refractivity contribution >= 4 is 34.5 Å². The molecule has 5 aromatic rings. The summed E-state index contributed by atoms with van der Waals surface area (Å²) < 4.78 is 55.8. The van der Waals surface area contributed by atoms with Crippen LogP contribution < -0.4 is 16.4 Å². The summed E-state index contributed by atoms with van der Waals surface area (Å²) in [7, 11) is 0. The second-order valence-electron chi connectivity index (χ2n) is 14.4. The van der Waals surface area contributed by atoms with Gasteiger partial charge in [-0.1, -0.05) is 38.1 Å². The highest BCUT2D eigenvalue weighted by molar-refractivity contribution is 5.98. The average molecular weight is 763 g/mol. The lowest BCUT2D eigenvalue weighted by Gasteiger charge is -2.28. The van der Waals surface area contributed by atoms with Crippen LogP contribution in [0.1, 0.15) is 68.2 Å². The number of aliphatic carboxylic acids is 1. The number of nitrogens with one attached hydrogen (secondary N) is 4. The number of aromatic amines is 2. The van der Waals surface area contributed by atoms with E-state index in [1.165, 1.54) is 24.3 Å². The maximum Gasteiger partial charge on any atom is 0.411 e. The normalized spacial score (nSPS) is 17.0. The van der Waals surface area contributed by atoms with E-state index in [1.54, 1.807) is 5.10 Å². The Bertz CT molecular complexity index is 2180. The van der Waals surface area contributed by atoms with Gasteiger partial charge in [0.15, 0.2) is 5.82 Å². The summed E-state index contributed by atoms with van der Waals surface area (Å²) in [5.74, 6) is -15.1. The van der Waals surface area contributed by atoms with Crippen molar-refractivity contribution in [3.05, 3.63) is 83.4 Å². The van der Waals surface area contributed by atoms with Crippen LogP contribution in [-0.4, -0.2) is 66.5 Å². The number of fused-ring (bicyclic) bond motifs is 1. The van der Waals surface area contributed by atoms with E-state index in [-0.39, 0.29) is 35.4 Å². The molecule has 55 heavy (non-hydrogen) atoms. The molecule has 290 valence electrons. The molecule has 1 saturated carbocycles. The Morgan fingerprint density at radius 1 is 0.945 bits per heavy atom. The summed E-state index contributed by atoms with van der Waals surface area (Å²) in [6.45, 7) is 6.75. The fraction of sp³-hybridized carbons (Fsp3) is 0.385. The number of aromatic nitrogens is 5. The lowest BCUT2D eigenvalue weighted by Crippen LogP contribution is -2.48. The van der Waals surface area contributed by atoms with E-state index in [9.17, 15) is 31.9 Å². The molecule has 0 aliphatic heterocycles. The number of carbonyl (C=O) groups excluding carboxylic acids is 2. The lowest BCUT2D eigenvalue weighted by molar-refractivity contribution is -0.231. The minimum atomic E-state index is -5.43. The van der Waals surface area contributed by atoms with Crippen molar-refractivity contribution in [1.82, 2.24) is 30.5 Å². The molecule has 0 saturated heterocycles. The predicted molar refractivity (Wildman–Crippen MR) is 197 cm³/mol. The SMILES string of the molecule is Cc1cc2[nH]c(C(C)C)nc2cc1-c1ccc(CC(NC(=O)C2CCC(CN)CC2)C(=O)Nc2ccc(-c3n[nH]c(C(F)(F)C(F)(F)C(=O)O)n3)cc2)cc1. The molecule has 12 nitrogen and oxygen atoms in total. The predicted octanol–water partition coefficient (Wildman–Crippen LogP) is 6.69. The molecule has 2 aromatic heterocycles. The molecule has 16 heteroatoms. The van der Waals surface area contributed by atoms with Crippen molar-refractivity contribution in [2.24, 2.45) is 17.6 Å². The van der Waals surface area contributed by atoms with Crippen molar-refractivity contribution in [1.29, 1.82) is 0 Å². The summed E-state index contributed by atoms with van der Waals surface area (Å²) in [5.41, 5.74) is 11.9.